The summed E-state index contributed by atoms with van der Waals surface area (Å²) in [6, 6.07) is 1.06. The minimum absolute atomic E-state index is 0.0647. The van der Waals surface area contributed by atoms with Gasteiger partial charge >= 0.3 is 0 Å². The van der Waals surface area contributed by atoms with Crippen LogP contribution in [0.1, 0.15) is 26.2 Å². The van der Waals surface area contributed by atoms with Gasteiger partial charge in [0.2, 0.25) is 10.0 Å². The molecule has 1 fully saturated rings. The van der Waals surface area contributed by atoms with Crippen LogP contribution < -0.4 is 5.32 Å². The lowest BCUT2D eigenvalue weighted by Crippen LogP contribution is -2.37. The van der Waals surface area contributed by atoms with Crippen LogP contribution in [0, 0.1) is 0 Å². The number of hydrogen-bond acceptors (Lipinski definition) is 5. The molecule has 1 unspecified atom stereocenters. The molecule has 2 N–H and O–H groups in total. The van der Waals surface area contributed by atoms with Gasteiger partial charge < -0.3 is 10.4 Å². The minimum atomic E-state index is -3.66. The van der Waals surface area contributed by atoms with Gasteiger partial charge in [-0.05, 0) is 25.3 Å². The molecular weight excluding hydrogens is 314 g/mol. The van der Waals surface area contributed by atoms with Crippen molar-refractivity contribution in [1.82, 2.24) is 9.29 Å². The van der Waals surface area contributed by atoms with Crippen LogP contribution in [0.5, 0.6) is 0 Å². The lowest BCUT2D eigenvalue weighted by Gasteiger charge is -2.22. The Morgan fingerprint density at radius 2 is 2.33 bits per heavy atom. The van der Waals surface area contributed by atoms with Gasteiger partial charge in [-0.25, -0.2) is 13.4 Å². The number of nitrogens with one attached hydrogen (secondary N) is 1. The fraction of sp³-hybridized carbons (Fsp3) is 0.615. The maximum atomic E-state index is 12.6. The Kier molecular flexibility index (Phi) is 5.43. The minimum Gasteiger partial charge on any atom is -0.395 e. The molecule has 8 heteroatoms. The molecule has 1 aromatic heterocycles. The van der Waals surface area contributed by atoms with E-state index >= 15 is 0 Å². The molecule has 1 aromatic rings. The van der Waals surface area contributed by atoms with Crippen molar-refractivity contribution in [1.29, 1.82) is 0 Å². The van der Waals surface area contributed by atoms with Crippen molar-refractivity contribution in [3.05, 3.63) is 17.3 Å². The maximum Gasteiger partial charge on any atom is 0.244 e. The van der Waals surface area contributed by atoms with Crippen LogP contribution in [0.25, 0.3) is 0 Å². The van der Waals surface area contributed by atoms with Gasteiger partial charge in [-0.1, -0.05) is 18.5 Å². The zero-order valence-corrected chi connectivity index (χ0v) is 13.5. The summed E-state index contributed by atoms with van der Waals surface area (Å²) in [6.45, 7) is 2.98. The Morgan fingerprint density at radius 3 is 2.95 bits per heavy atom. The van der Waals surface area contributed by atoms with Crippen LogP contribution in [0.3, 0.4) is 0 Å². The van der Waals surface area contributed by atoms with Crippen LogP contribution in [-0.4, -0.2) is 48.6 Å². The zero-order chi connectivity index (χ0) is 15.5. The molecule has 1 saturated heterocycles. The second kappa shape index (κ2) is 6.91. The molecule has 1 aliphatic rings. The maximum absolute atomic E-state index is 12.6. The Hall–Kier alpha value is -0.890. The fourth-order valence-electron chi connectivity index (χ4n) is 2.38. The third kappa shape index (κ3) is 3.48. The number of halogens is 1. The molecule has 0 aromatic carbocycles. The summed E-state index contributed by atoms with van der Waals surface area (Å²) >= 11 is 6.09. The third-order valence-corrected chi connectivity index (χ3v) is 5.70. The first kappa shape index (κ1) is 16.5. The average molecular weight is 334 g/mol. The van der Waals surface area contributed by atoms with Crippen molar-refractivity contribution < 1.29 is 13.5 Å². The highest BCUT2D eigenvalue weighted by molar-refractivity contribution is 7.89. The molecule has 0 saturated carbocycles. The normalized spacial score (nSPS) is 19.9. The number of aliphatic hydroxyl groups excluding tert-OH is 1. The molecule has 2 rings (SSSR count). The molecule has 118 valence electrons. The third-order valence-electron chi connectivity index (χ3n) is 3.50. The average Bonchev–Trinajstić information content (AvgIpc) is 2.95. The first-order valence-corrected chi connectivity index (χ1v) is 8.84. The summed E-state index contributed by atoms with van der Waals surface area (Å²) in [4.78, 5) is 4.16. The zero-order valence-electron chi connectivity index (χ0n) is 11.9. The van der Waals surface area contributed by atoms with E-state index in [9.17, 15) is 13.5 Å². The molecular formula is C13H20ClN3O3S. The van der Waals surface area contributed by atoms with Gasteiger partial charge in [0.1, 0.15) is 10.7 Å². The summed E-state index contributed by atoms with van der Waals surface area (Å²) in [5, 5.41) is 12.6. The molecule has 1 atom stereocenters. The van der Waals surface area contributed by atoms with E-state index < -0.39 is 10.0 Å². The first-order chi connectivity index (χ1) is 10.0. The SMILES string of the molecule is CCCNc1ncc(S(=O)(=O)N2CCCC2CO)cc1Cl. The lowest BCUT2D eigenvalue weighted by molar-refractivity contribution is 0.213. The van der Waals surface area contributed by atoms with E-state index in [2.05, 4.69) is 10.3 Å². The number of hydrogen-bond donors (Lipinski definition) is 2. The molecule has 0 aliphatic carbocycles. The van der Waals surface area contributed by atoms with Gasteiger partial charge in [0.25, 0.3) is 0 Å². The van der Waals surface area contributed by atoms with E-state index in [4.69, 9.17) is 11.6 Å². The van der Waals surface area contributed by atoms with Gasteiger partial charge in [0.05, 0.1) is 11.6 Å². The Morgan fingerprint density at radius 1 is 1.57 bits per heavy atom. The van der Waals surface area contributed by atoms with Crippen LogP contribution in [0.15, 0.2) is 17.2 Å². The van der Waals surface area contributed by atoms with E-state index in [1.807, 2.05) is 6.92 Å². The van der Waals surface area contributed by atoms with Crippen molar-refractivity contribution in [2.24, 2.45) is 0 Å². The summed E-state index contributed by atoms with van der Waals surface area (Å²) in [5.41, 5.74) is 0. The second-order valence-corrected chi connectivity index (χ2v) is 7.32. The van der Waals surface area contributed by atoms with E-state index in [0.29, 0.717) is 18.8 Å². The van der Waals surface area contributed by atoms with Crippen molar-refractivity contribution in [2.75, 3.05) is 25.0 Å². The highest BCUT2D eigenvalue weighted by Gasteiger charge is 2.35. The van der Waals surface area contributed by atoms with Gasteiger partial charge in [0, 0.05) is 25.3 Å². The Balaban J connectivity index is 2.26. The largest absolute Gasteiger partial charge is 0.395 e. The number of aliphatic hydroxyl groups is 1. The van der Waals surface area contributed by atoms with Crippen molar-refractivity contribution in [3.63, 3.8) is 0 Å². The van der Waals surface area contributed by atoms with Gasteiger partial charge in [-0.15, -0.1) is 0 Å². The number of anilines is 1. The smallest absolute Gasteiger partial charge is 0.244 e. The molecule has 21 heavy (non-hydrogen) atoms. The van der Waals surface area contributed by atoms with Crippen molar-refractivity contribution in [2.45, 2.75) is 37.1 Å². The van der Waals surface area contributed by atoms with Crippen LogP contribution in [-0.2, 0) is 10.0 Å². The van der Waals surface area contributed by atoms with Crippen molar-refractivity contribution in [3.8, 4) is 0 Å². The number of nitrogens with zero attached hydrogens (tertiary/aromatic N) is 2. The summed E-state index contributed by atoms with van der Waals surface area (Å²) in [6.07, 6.45) is 3.66. The molecule has 6 nitrogen and oxygen atoms in total. The topological polar surface area (TPSA) is 82.5 Å². The highest BCUT2D eigenvalue weighted by atomic mass is 35.5. The first-order valence-electron chi connectivity index (χ1n) is 7.02. The Labute approximate surface area is 130 Å². The van der Waals surface area contributed by atoms with E-state index in [1.165, 1.54) is 16.6 Å². The Bertz CT molecular complexity index is 594. The van der Waals surface area contributed by atoms with E-state index in [0.717, 1.165) is 19.4 Å². The van der Waals surface area contributed by atoms with Crippen LogP contribution in [0.2, 0.25) is 5.02 Å². The highest BCUT2D eigenvalue weighted by Crippen LogP contribution is 2.28. The molecule has 1 aliphatic heterocycles. The monoisotopic (exact) mass is 333 g/mol. The fourth-order valence-corrected chi connectivity index (χ4v) is 4.33. The predicted molar refractivity (Wildman–Crippen MR) is 82.0 cm³/mol. The van der Waals surface area contributed by atoms with Gasteiger partial charge in [0.15, 0.2) is 0 Å². The van der Waals surface area contributed by atoms with Crippen molar-refractivity contribution >= 4 is 27.4 Å². The lowest BCUT2D eigenvalue weighted by atomic mass is 10.2. The van der Waals surface area contributed by atoms with Gasteiger partial charge in [-0.2, -0.15) is 4.31 Å². The van der Waals surface area contributed by atoms with E-state index in [-0.39, 0.29) is 22.6 Å². The number of rotatable bonds is 6. The molecule has 0 spiro atoms. The standard InChI is InChI=1S/C13H20ClN3O3S/c1-2-5-15-13-12(14)7-11(8-16-13)21(19,20)17-6-3-4-10(17)9-18/h7-8,10,18H,2-6,9H2,1H3,(H,15,16). The summed E-state index contributed by atoms with van der Waals surface area (Å²) < 4.78 is 26.5. The quantitative estimate of drug-likeness (QED) is 0.828. The number of sulfonamides is 1. The predicted octanol–water partition coefficient (Wildman–Crippen LogP) is 1.70. The number of aromatic nitrogens is 1. The molecule has 0 bridgehead atoms. The van der Waals surface area contributed by atoms with Gasteiger partial charge in [-0.3, -0.25) is 0 Å². The van der Waals surface area contributed by atoms with Crippen LogP contribution in [0.4, 0.5) is 5.82 Å². The summed E-state index contributed by atoms with van der Waals surface area (Å²) in [5.74, 6) is 0.484. The summed E-state index contributed by atoms with van der Waals surface area (Å²) in [7, 11) is -3.66. The molecule has 0 radical (unpaired) electrons. The second-order valence-electron chi connectivity index (χ2n) is 5.02. The molecule has 2 heterocycles. The number of pyridine rings is 1. The van der Waals surface area contributed by atoms with E-state index in [1.54, 1.807) is 0 Å². The molecule has 0 amide bonds. The van der Waals surface area contributed by atoms with Crippen LogP contribution >= 0.6 is 11.6 Å².